The fourth-order valence-corrected chi connectivity index (χ4v) is 4.44. The van der Waals surface area contributed by atoms with E-state index in [1.807, 2.05) is 25.3 Å². The van der Waals surface area contributed by atoms with E-state index in [0.717, 1.165) is 19.3 Å². The maximum Gasteiger partial charge on any atom is 0.255 e. The lowest BCUT2D eigenvalue weighted by molar-refractivity contribution is 0.0530. The second-order valence-corrected chi connectivity index (χ2v) is 9.21. The molecule has 1 amide bonds. The Morgan fingerprint density at radius 2 is 1.86 bits per heavy atom. The molecule has 1 N–H and O–H groups in total. The highest BCUT2D eigenvalue weighted by molar-refractivity contribution is 5.94. The zero-order chi connectivity index (χ0) is 24.9. The third-order valence-corrected chi connectivity index (χ3v) is 6.06. The average molecular weight is 478 g/mol. The maximum atomic E-state index is 14.9. The SMILES string of the molecule is Cc1nc2c(F)cc(-c3nc(Nc4ccc(C(=O)N5CC(C)C5)cn4)ncc3F)cc2n1C(C)C. The van der Waals surface area contributed by atoms with Gasteiger partial charge in [0, 0.05) is 30.9 Å². The van der Waals surface area contributed by atoms with Crippen molar-refractivity contribution in [2.45, 2.75) is 33.7 Å². The molecule has 4 aromatic rings. The summed E-state index contributed by atoms with van der Waals surface area (Å²) >= 11 is 0. The van der Waals surface area contributed by atoms with E-state index in [4.69, 9.17) is 0 Å². The number of nitrogens with zero attached hydrogens (tertiary/aromatic N) is 6. The van der Waals surface area contributed by atoms with E-state index in [2.05, 4.69) is 32.2 Å². The number of carbonyl (C=O) groups excluding carboxylic acids is 1. The molecule has 1 aliphatic heterocycles. The highest BCUT2D eigenvalue weighted by atomic mass is 19.1. The smallest absolute Gasteiger partial charge is 0.255 e. The van der Waals surface area contributed by atoms with Gasteiger partial charge < -0.3 is 14.8 Å². The zero-order valence-corrected chi connectivity index (χ0v) is 19.9. The van der Waals surface area contributed by atoms with Crippen LogP contribution in [0.25, 0.3) is 22.3 Å². The number of carbonyl (C=O) groups is 1. The molecular formula is C25H25F2N7O. The van der Waals surface area contributed by atoms with Crippen molar-refractivity contribution in [2.75, 3.05) is 18.4 Å². The van der Waals surface area contributed by atoms with Crippen LogP contribution in [0.3, 0.4) is 0 Å². The van der Waals surface area contributed by atoms with Crippen molar-refractivity contribution in [1.29, 1.82) is 0 Å². The second kappa shape index (κ2) is 8.68. The standard InChI is InChI=1S/C25H25F2N7O/c1-13(2)34-15(4)30-23-18(26)7-17(8-20(23)34)22-19(27)10-29-25(32-22)31-21-6-5-16(9-28-21)24(35)33-11-14(3)12-33/h5-10,13-14H,11-12H2,1-4H3,(H,28,29,31,32). The van der Waals surface area contributed by atoms with Gasteiger partial charge in [-0.15, -0.1) is 0 Å². The number of hydrogen-bond acceptors (Lipinski definition) is 6. The number of amides is 1. The van der Waals surface area contributed by atoms with E-state index in [-0.39, 0.29) is 34.7 Å². The predicted molar refractivity (Wildman–Crippen MR) is 128 cm³/mol. The summed E-state index contributed by atoms with van der Waals surface area (Å²) in [5.74, 6) is 0.390. The van der Waals surface area contributed by atoms with Crippen LogP contribution in [0, 0.1) is 24.5 Å². The molecular weight excluding hydrogens is 452 g/mol. The first kappa shape index (κ1) is 22.8. The Hall–Kier alpha value is -3.95. The maximum absolute atomic E-state index is 14.9. The quantitative estimate of drug-likeness (QED) is 0.440. The van der Waals surface area contributed by atoms with Crippen LogP contribution < -0.4 is 5.32 Å². The number of halogens is 2. The number of hydrogen-bond donors (Lipinski definition) is 1. The van der Waals surface area contributed by atoms with E-state index in [9.17, 15) is 13.6 Å². The van der Waals surface area contributed by atoms with Gasteiger partial charge in [-0.25, -0.2) is 28.7 Å². The fourth-order valence-electron chi connectivity index (χ4n) is 4.44. The highest BCUT2D eigenvalue weighted by Crippen LogP contribution is 2.30. The summed E-state index contributed by atoms with van der Waals surface area (Å²) in [5.41, 5.74) is 1.52. The number of benzene rings is 1. The Bertz CT molecular complexity index is 1430. The number of nitrogens with one attached hydrogen (secondary N) is 1. The minimum absolute atomic E-state index is 0.0452. The zero-order valence-electron chi connectivity index (χ0n) is 19.9. The fraction of sp³-hybridized carbons (Fsp3) is 0.320. The summed E-state index contributed by atoms with van der Waals surface area (Å²) in [5, 5.41) is 2.92. The molecule has 8 nitrogen and oxygen atoms in total. The Kier molecular flexibility index (Phi) is 5.66. The molecule has 0 atom stereocenters. The molecule has 0 unspecified atom stereocenters. The number of rotatable bonds is 5. The van der Waals surface area contributed by atoms with Gasteiger partial charge in [-0.3, -0.25) is 4.79 Å². The van der Waals surface area contributed by atoms with Gasteiger partial charge in [-0.1, -0.05) is 6.92 Å². The number of imidazole rings is 1. The highest BCUT2D eigenvalue weighted by Gasteiger charge is 2.28. The predicted octanol–water partition coefficient (Wildman–Crippen LogP) is 4.89. The van der Waals surface area contributed by atoms with Crippen molar-refractivity contribution in [3.63, 3.8) is 0 Å². The summed E-state index contributed by atoms with van der Waals surface area (Å²) in [6.07, 6.45) is 2.51. The normalized spacial score (nSPS) is 14.0. The number of anilines is 2. The number of likely N-dealkylation sites (tertiary alicyclic amines) is 1. The lowest BCUT2D eigenvalue weighted by Gasteiger charge is -2.37. The van der Waals surface area contributed by atoms with Gasteiger partial charge in [0.05, 0.1) is 17.3 Å². The molecule has 0 radical (unpaired) electrons. The Labute approximate surface area is 201 Å². The molecule has 10 heteroatoms. The van der Waals surface area contributed by atoms with Gasteiger partial charge >= 0.3 is 0 Å². The molecule has 1 aromatic carbocycles. The van der Waals surface area contributed by atoms with E-state index < -0.39 is 11.6 Å². The van der Waals surface area contributed by atoms with Crippen molar-refractivity contribution < 1.29 is 13.6 Å². The monoisotopic (exact) mass is 477 g/mol. The van der Waals surface area contributed by atoms with Gasteiger partial charge in [0.25, 0.3) is 5.91 Å². The molecule has 35 heavy (non-hydrogen) atoms. The minimum Gasteiger partial charge on any atom is -0.338 e. The van der Waals surface area contributed by atoms with E-state index >= 15 is 0 Å². The molecule has 180 valence electrons. The molecule has 0 saturated carbocycles. The second-order valence-electron chi connectivity index (χ2n) is 9.21. The Morgan fingerprint density at radius 3 is 2.51 bits per heavy atom. The largest absolute Gasteiger partial charge is 0.338 e. The van der Waals surface area contributed by atoms with Gasteiger partial charge in [0.1, 0.15) is 22.9 Å². The first-order valence-corrected chi connectivity index (χ1v) is 11.4. The third-order valence-electron chi connectivity index (χ3n) is 6.06. The van der Waals surface area contributed by atoms with Gasteiger partial charge in [-0.2, -0.15) is 0 Å². The van der Waals surface area contributed by atoms with Crippen molar-refractivity contribution in [3.05, 3.63) is 59.7 Å². The van der Waals surface area contributed by atoms with Crippen LogP contribution in [0.15, 0.2) is 36.7 Å². The van der Waals surface area contributed by atoms with Crippen LogP contribution in [0.1, 0.15) is 43.0 Å². The van der Waals surface area contributed by atoms with Crippen LogP contribution in [-0.4, -0.2) is 48.4 Å². The van der Waals surface area contributed by atoms with Crippen molar-refractivity contribution in [2.24, 2.45) is 5.92 Å². The van der Waals surface area contributed by atoms with Crippen LogP contribution in [0.2, 0.25) is 0 Å². The van der Waals surface area contributed by atoms with E-state index in [1.54, 1.807) is 23.1 Å². The summed E-state index contributed by atoms with van der Waals surface area (Å²) < 4.78 is 31.5. The van der Waals surface area contributed by atoms with Crippen molar-refractivity contribution >= 4 is 28.7 Å². The molecule has 0 spiro atoms. The van der Waals surface area contributed by atoms with Crippen molar-refractivity contribution in [1.82, 2.24) is 29.4 Å². The average Bonchev–Trinajstić information content (AvgIpc) is 3.15. The molecule has 3 aromatic heterocycles. The Morgan fingerprint density at radius 1 is 1.09 bits per heavy atom. The van der Waals surface area contributed by atoms with Crippen LogP contribution in [0.5, 0.6) is 0 Å². The van der Waals surface area contributed by atoms with Crippen molar-refractivity contribution in [3.8, 4) is 11.3 Å². The van der Waals surface area contributed by atoms with Gasteiger partial charge in [0.2, 0.25) is 5.95 Å². The van der Waals surface area contributed by atoms with E-state index in [1.165, 1.54) is 12.3 Å². The topological polar surface area (TPSA) is 88.8 Å². The number of aryl methyl sites for hydroxylation is 1. The third kappa shape index (κ3) is 4.20. The molecule has 4 heterocycles. The van der Waals surface area contributed by atoms with Crippen LogP contribution in [0.4, 0.5) is 20.5 Å². The molecule has 0 bridgehead atoms. The number of pyridine rings is 1. The molecule has 5 rings (SSSR count). The van der Waals surface area contributed by atoms with Crippen LogP contribution in [-0.2, 0) is 0 Å². The minimum atomic E-state index is -0.681. The van der Waals surface area contributed by atoms with Gasteiger partial charge in [-0.05, 0) is 51.0 Å². The lowest BCUT2D eigenvalue weighted by atomic mass is 10.0. The summed E-state index contributed by atoms with van der Waals surface area (Å²) in [6.45, 7) is 9.34. The molecule has 1 saturated heterocycles. The Balaban J connectivity index is 1.43. The lowest BCUT2D eigenvalue weighted by Crippen LogP contribution is -2.48. The summed E-state index contributed by atoms with van der Waals surface area (Å²) in [7, 11) is 0. The first-order chi connectivity index (χ1) is 16.7. The number of fused-ring (bicyclic) bond motifs is 1. The molecule has 1 aliphatic rings. The molecule has 1 fully saturated rings. The summed E-state index contributed by atoms with van der Waals surface area (Å²) in [6, 6.07) is 6.27. The van der Waals surface area contributed by atoms with Gasteiger partial charge in [0.15, 0.2) is 11.6 Å². The first-order valence-electron chi connectivity index (χ1n) is 11.4. The molecule has 0 aliphatic carbocycles. The van der Waals surface area contributed by atoms with E-state index in [0.29, 0.717) is 28.6 Å². The van der Waals surface area contributed by atoms with Crippen LogP contribution >= 0.6 is 0 Å². The summed E-state index contributed by atoms with van der Waals surface area (Å²) in [4.78, 5) is 31.1. The number of aromatic nitrogens is 5.